The maximum absolute atomic E-state index is 5.48. The van der Waals surface area contributed by atoms with E-state index < -0.39 is 0 Å². The molecule has 0 aliphatic heterocycles. The van der Waals surface area contributed by atoms with Gasteiger partial charge in [0.25, 0.3) is 0 Å². The molecule has 0 heterocycles. The monoisotopic (exact) mass is 140 g/mol. The fraction of sp³-hybridized carbons (Fsp3) is 0. The van der Waals surface area contributed by atoms with Crippen LogP contribution < -0.4 is 11.5 Å². The second kappa shape index (κ2) is 2.19. The predicted octanol–water partition coefficient (Wildman–Crippen LogP) is 1.14. The van der Waals surface area contributed by atoms with E-state index in [2.05, 4.69) is 12.6 Å². The Balaban J connectivity index is 3.25. The van der Waals surface area contributed by atoms with Crippen molar-refractivity contribution in [1.82, 2.24) is 0 Å². The maximum atomic E-state index is 5.48. The van der Waals surface area contributed by atoms with E-state index in [4.69, 9.17) is 11.5 Å². The van der Waals surface area contributed by atoms with E-state index in [1.807, 2.05) is 6.07 Å². The molecule has 4 N–H and O–H groups in total. The smallest absolute Gasteiger partial charge is 0.0683 e. The number of nitrogens with two attached hydrogens (primary N) is 2. The van der Waals surface area contributed by atoms with E-state index >= 15 is 0 Å². The van der Waals surface area contributed by atoms with Gasteiger partial charge in [0.15, 0.2) is 0 Å². The van der Waals surface area contributed by atoms with Crippen LogP contribution in [0.2, 0.25) is 0 Å². The van der Waals surface area contributed by atoms with Crippen LogP contribution >= 0.6 is 12.6 Å². The molecule has 0 saturated carbocycles. The summed E-state index contributed by atoms with van der Waals surface area (Å²) in [6, 6.07) is 5.36. The van der Waals surface area contributed by atoms with Gasteiger partial charge in [0, 0.05) is 4.90 Å². The summed E-state index contributed by atoms with van der Waals surface area (Å²) in [6.45, 7) is 0. The van der Waals surface area contributed by atoms with Crippen LogP contribution in [0.15, 0.2) is 23.1 Å². The second-order valence-electron chi connectivity index (χ2n) is 1.78. The van der Waals surface area contributed by atoms with Gasteiger partial charge in [-0.25, -0.2) is 0 Å². The van der Waals surface area contributed by atoms with Crippen molar-refractivity contribution < 1.29 is 0 Å². The lowest BCUT2D eigenvalue weighted by Crippen LogP contribution is -1.94. The number of nitrogen functional groups attached to an aromatic ring is 2. The quantitative estimate of drug-likeness (QED) is 0.374. The SMILES string of the molecule is Nc1cccc(S)c1N. The molecule has 0 atom stereocenters. The van der Waals surface area contributed by atoms with Crippen molar-refractivity contribution in [3.05, 3.63) is 18.2 Å². The topological polar surface area (TPSA) is 52.0 Å². The fourth-order valence-electron chi connectivity index (χ4n) is 0.570. The molecular weight excluding hydrogens is 132 g/mol. The Morgan fingerprint density at radius 3 is 2.33 bits per heavy atom. The first-order chi connectivity index (χ1) is 4.22. The van der Waals surface area contributed by atoms with E-state index in [0.29, 0.717) is 11.4 Å². The summed E-state index contributed by atoms with van der Waals surface area (Å²) in [5, 5.41) is 0. The molecule has 0 unspecified atom stereocenters. The minimum atomic E-state index is 0.556. The third-order valence-electron chi connectivity index (χ3n) is 1.12. The van der Waals surface area contributed by atoms with Gasteiger partial charge in [0.05, 0.1) is 11.4 Å². The summed E-state index contributed by atoms with van der Waals surface area (Å²) in [5.74, 6) is 0. The van der Waals surface area contributed by atoms with Crippen molar-refractivity contribution in [2.75, 3.05) is 11.5 Å². The third-order valence-corrected chi connectivity index (χ3v) is 1.51. The average Bonchev–Trinajstić information content (AvgIpc) is 1.83. The van der Waals surface area contributed by atoms with Crippen molar-refractivity contribution in [3.63, 3.8) is 0 Å². The van der Waals surface area contributed by atoms with Gasteiger partial charge < -0.3 is 11.5 Å². The maximum Gasteiger partial charge on any atom is 0.0683 e. The largest absolute Gasteiger partial charge is 0.397 e. The zero-order valence-electron chi connectivity index (χ0n) is 4.83. The van der Waals surface area contributed by atoms with Gasteiger partial charge in [0.1, 0.15) is 0 Å². The normalized spacial score (nSPS) is 9.44. The van der Waals surface area contributed by atoms with E-state index in [0.717, 1.165) is 4.90 Å². The number of hydrogen-bond donors (Lipinski definition) is 3. The highest BCUT2D eigenvalue weighted by Gasteiger charge is 1.94. The van der Waals surface area contributed by atoms with E-state index in [9.17, 15) is 0 Å². The number of benzene rings is 1. The van der Waals surface area contributed by atoms with Gasteiger partial charge >= 0.3 is 0 Å². The van der Waals surface area contributed by atoms with E-state index in [1.165, 1.54) is 0 Å². The molecule has 0 aliphatic rings. The summed E-state index contributed by atoms with van der Waals surface area (Å²) in [4.78, 5) is 0.731. The zero-order valence-corrected chi connectivity index (χ0v) is 5.73. The first kappa shape index (κ1) is 6.29. The summed E-state index contributed by atoms with van der Waals surface area (Å²) in [5.41, 5.74) is 12.1. The molecule has 0 aromatic heterocycles. The van der Waals surface area contributed by atoms with Crippen LogP contribution in [-0.4, -0.2) is 0 Å². The first-order valence-electron chi connectivity index (χ1n) is 2.54. The van der Waals surface area contributed by atoms with E-state index in [1.54, 1.807) is 12.1 Å². The Morgan fingerprint density at radius 1 is 1.22 bits per heavy atom. The number of rotatable bonds is 0. The minimum Gasteiger partial charge on any atom is -0.397 e. The Labute approximate surface area is 59.3 Å². The van der Waals surface area contributed by atoms with Gasteiger partial charge in [-0.3, -0.25) is 0 Å². The van der Waals surface area contributed by atoms with Crippen molar-refractivity contribution in [2.24, 2.45) is 0 Å². The molecule has 0 radical (unpaired) electrons. The number of para-hydroxylation sites is 1. The van der Waals surface area contributed by atoms with Crippen molar-refractivity contribution >= 4 is 24.0 Å². The molecule has 0 saturated heterocycles. The lowest BCUT2D eigenvalue weighted by Gasteiger charge is -1.99. The molecule has 1 rings (SSSR count). The summed E-state index contributed by atoms with van der Waals surface area (Å²) >= 11 is 4.06. The minimum absolute atomic E-state index is 0.556. The zero-order chi connectivity index (χ0) is 6.85. The Hall–Kier alpha value is -0.830. The van der Waals surface area contributed by atoms with Crippen molar-refractivity contribution in [1.29, 1.82) is 0 Å². The first-order valence-corrected chi connectivity index (χ1v) is 2.99. The van der Waals surface area contributed by atoms with Crippen LogP contribution in [0.4, 0.5) is 11.4 Å². The van der Waals surface area contributed by atoms with Crippen LogP contribution in [-0.2, 0) is 0 Å². The van der Waals surface area contributed by atoms with Crippen LogP contribution in [0.5, 0.6) is 0 Å². The lowest BCUT2D eigenvalue weighted by atomic mass is 10.3. The van der Waals surface area contributed by atoms with Gasteiger partial charge in [-0.15, -0.1) is 12.6 Å². The van der Waals surface area contributed by atoms with Gasteiger partial charge in [-0.2, -0.15) is 0 Å². The molecule has 1 aromatic carbocycles. The van der Waals surface area contributed by atoms with Gasteiger partial charge in [0.2, 0.25) is 0 Å². The standard InChI is InChI=1S/C6H8N2S/c7-4-2-1-3-5(9)6(4)8/h1-3,9H,7-8H2. The average molecular weight is 140 g/mol. The third kappa shape index (κ3) is 1.10. The summed E-state index contributed by atoms with van der Waals surface area (Å²) in [7, 11) is 0. The number of anilines is 2. The molecule has 3 heteroatoms. The number of hydrogen-bond acceptors (Lipinski definition) is 3. The van der Waals surface area contributed by atoms with Crippen molar-refractivity contribution in [3.8, 4) is 0 Å². The molecule has 2 nitrogen and oxygen atoms in total. The highest BCUT2D eigenvalue weighted by Crippen LogP contribution is 2.21. The highest BCUT2D eigenvalue weighted by molar-refractivity contribution is 7.80. The molecule has 0 aliphatic carbocycles. The van der Waals surface area contributed by atoms with Gasteiger partial charge in [-0.1, -0.05) is 6.07 Å². The predicted molar refractivity (Wildman–Crippen MR) is 42.5 cm³/mol. The molecular formula is C6H8N2S. The Bertz CT molecular complexity index is 202. The molecule has 0 fully saturated rings. The fourth-order valence-corrected chi connectivity index (χ4v) is 0.786. The number of thiol groups is 1. The molecule has 0 amide bonds. The van der Waals surface area contributed by atoms with E-state index in [-0.39, 0.29) is 0 Å². The van der Waals surface area contributed by atoms with Crippen LogP contribution in [0.25, 0.3) is 0 Å². The van der Waals surface area contributed by atoms with Gasteiger partial charge in [-0.05, 0) is 12.1 Å². The summed E-state index contributed by atoms with van der Waals surface area (Å²) < 4.78 is 0. The highest BCUT2D eigenvalue weighted by atomic mass is 32.1. The second-order valence-corrected chi connectivity index (χ2v) is 2.26. The molecule has 0 bridgehead atoms. The van der Waals surface area contributed by atoms with Crippen LogP contribution in [0.3, 0.4) is 0 Å². The molecule has 9 heavy (non-hydrogen) atoms. The lowest BCUT2D eigenvalue weighted by molar-refractivity contribution is 1.47. The van der Waals surface area contributed by atoms with Crippen LogP contribution in [0, 0.1) is 0 Å². The molecule has 0 spiro atoms. The molecule has 48 valence electrons. The summed E-state index contributed by atoms with van der Waals surface area (Å²) in [6.07, 6.45) is 0. The van der Waals surface area contributed by atoms with Crippen LogP contribution in [0.1, 0.15) is 0 Å². The molecule has 1 aromatic rings. The Morgan fingerprint density at radius 2 is 1.89 bits per heavy atom. The van der Waals surface area contributed by atoms with Crippen molar-refractivity contribution in [2.45, 2.75) is 4.90 Å². The Kier molecular flexibility index (Phi) is 1.53.